The Bertz CT molecular complexity index is 959. The molecule has 2 rings (SSSR count). The van der Waals surface area contributed by atoms with Crippen LogP contribution in [0.25, 0.3) is 0 Å². The summed E-state index contributed by atoms with van der Waals surface area (Å²) in [5.74, 6) is -1.26. The molecule has 8 heteroatoms. The number of amides is 1. The lowest BCUT2D eigenvalue weighted by Crippen LogP contribution is -2.18. The SMILES string of the molecule is CC/C=C(/C)C(=O)Nc1cc(Cl)ccc1NS(=O)(=O)c1ccccc1F. The van der Waals surface area contributed by atoms with Gasteiger partial charge in [-0.05, 0) is 43.7 Å². The predicted molar refractivity (Wildman–Crippen MR) is 101 cm³/mol. The number of allylic oxidation sites excluding steroid dienone is 1. The van der Waals surface area contributed by atoms with Gasteiger partial charge in [0.15, 0.2) is 0 Å². The number of sulfonamides is 1. The van der Waals surface area contributed by atoms with Gasteiger partial charge in [0.25, 0.3) is 15.9 Å². The van der Waals surface area contributed by atoms with Crippen molar-refractivity contribution in [3.63, 3.8) is 0 Å². The smallest absolute Gasteiger partial charge is 0.264 e. The van der Waals surface area contributed by atoms with Crippen molar-refractivity contribution in [3.8, 4) is 0 Å². The molecule has 2 aromatic carbocycles. The number of carbonyl (C=O) groups excluding carboxylic acids is 1. The van der Waals surface area contributed by atoms with Crippen molar-refractivity contribution in [2.45, 2.75) is 25.2 Å². The number of carbonyl (C=O) groups is 1. The van der Waals surface area contributed by atoms with Gasteiger partial charge in [0.05, 0.1) is 11.4 Å². The predicted octanol–water partition coefficient (Wildman–Crippen LogP) is 4.57. The molecule has 0 aromatic heterocycles. The Hall–Kier alpha value is -2.38. The third-order valence-corrected chi connectivity index (χ3v) is 5.10. The van der Waals surface area contributed by atoms with Crippen molar-refractivity contribution in [2.75, 3.05) is 10.0 Å². The second-order valence-corrected chi connectivity index (χ2v) is 7.56. The lowest BCUT2D eigenvalue weighted by molar-refractivity contribution is -0.112. The Kier molecular flexibility index (Phi) is 6.39. The van der Waals surface area contributed by atoms with Gasteiger partial charge in [-0.1, -0.05) is 36.7 Å². The average Bonchev–Trinajstić information content (AvgIpc) is 2.57. The first-order valence-corrected chi connectivity index (χ1v) is 9.65. The third kappa shape index (κ3) is 4.83. The Morgan fingerprint density at radius 1 is 1.19 bits per heavy atom. The molecule has 0 heterocycles. The molecule has 0 aliphatic carbocycles. The number of halogens is 2. The number of hydrogen-bond donors (Lipinski definition) is 2. The van der Waals surface area contributed by atoms with Gasteiger partial charge in [0, 0.05) is 10.6 Å². The molecular weight excluding hydrogens is 379 g/mol. The van der Waals surface area contributed by atoms with E-state index in [1.54, 1.807) is 13.0 Å². The monoisotopic (exact) mass is 396 g/mol. The van der Waals surface area contributed by atoms with Crippen LogP contribution in [0.5, 0.6) is 0 Å². The van der Waals surface area contributed by atoms with Gasteiger partial charge in [-0.25, -0.2) is 12.8 Å². The van der Waals surface area contributed by atoms with Crippen molar-refractivity contribution < 1.29 is 17.6 Å². The van der Waals surface area contributed by atoms with E-state index in [0.29, 0.717) is 17.0 Å². The fourth-order valence-electron chi connectivity index (χ4n) is 2.19. The van der Waals surface area contributed by atoms with Gasteiger partial charge >= 0.3 is 0 Å². The molecule has 5 nitrogen and oxygen atoms in total. The van der Waals surface area contributed by atoms with Gasteiger partial charge in [-0.2, -0.15) is 0 Å². The van der Waals surface area contributed by atoms with Crippen LogP contribution in [-0.4, -0.2) is 14.3 Å². The highest BCUT2D eigenvalue weighted by Gasteiger charge is 2.20. The highest BCUT2D eigenvalue weighted by molar-refractivity contribution is 7.92. The summed E-state index contributed by atoms with van der Waals surface area (Å²) < 4.78 is 41.1. The van der Waals surface area contributed by atoms with Crippen LogP contribution in [-0.2, 0) is 14.8 Å². The molecule has 138 valence electrons. The molecule has 0 saturated carbocycles. The van der Waals surface area contributed by atoms with Crippen molar-refractivity contribution in [1.82, 2.24) is 0 Å². The summed E-state index contributed by atoms with van der Waals surface area (Å²) >= 11 is 5.95. The lowest BCUT2D eigenvalue weighted by Gasteiger charge is -2.14. The second-order valence-electron chi connectivity index (χ2n) is 5.48. The molecule has 0 atom stereocenters. The number of benzene rings is 2. The van der Waals surface area contributed by atoms with E-state index in [4.69, 9.17) is 11.6 Å². The van der Waals surface area contributed by atoms with E-state index in [2.05, 4.69) is 10.0 Å². The number of hydrogen-bond acceptors (Lipinski definition) is 3. The van der Waals surface area contributed by atoms with Gasteiger partial charge in [0.1, 0.15) is 10.7 Å². The summed E-state index contributed by atoms with van der Waals surface area (Å²) in [5.41, 5.74) is 0.733. The molecule has 0 aliphatic rings. The minimum absolute atomic E-state index is 0.0790. The van der Waals surface area contributed by atoms with E-state index in [0.717, 1.165) is 12.1 Å². The summed E-state index contributed by atoms with van der Waals surface area (Å²) in [7, 11) is -4.18. The topological polar surface area (TPSA) is 75.3 Å². The van der Waals surface area contributed by atoms with E-state index in [1.165, 1.54) is 30.3 Å². The molecule has 26 heavy (non-hydrogen) atoms. The normalized spacial score (nSPS) is 11.9. The second kappa shape index (κ2) is 8.33. The van der Waals surface area contributed by atoms with E-state index in [1.807, 2.05) is 6.92 Å². The highest BCUT2D eigenvalue weighted by Crippen LogP contribution is 2.29. The summed E-state index contributed by atoms with van der Waals surface area (Å²) in [6.45, 7) is 3.54. The minimum atomic E-state index is -4.18. The van der Waals surface area contributed by atoms with E-state index in [9.17, 15) is 17.6 Å². The van der Waals surface area contributed by atoms with E-state index >= 15 is 0 Å². The fourth-order valence-corrected chi connectivity index (χ4v) is 3.52. The maximum atomic E-state index is 13.8. The summed E-state index contributed by atoms with van der Waals surface area (Å²) in [5, 5.41) is 2.92. The van der Waals surface area contributed by atoms with Crippen LogP contribution in [0, 0.1) is 5.82 Å². The van der Waals surface area contributed by atoms with Crippen molar-refractivity contribution >= 4 is 38.9 Å². The number of rotatable bonds is 6. The van der Waals surface area contributed by atoms with Crippen LogP contribution >= 0.6 is 11.6 Å². The summed E-state index contributed by atoms with van der Waals surface area (Å²) in [4.78, 5) is 11.7. The number of anilines is 2. The zero-order valence-corrected chi connectivity index (χ0v) is 15.8. The Morgan fingerprint density at radius 3 is 2.54 bits per heavy atom. The van der Waals surface area contributed by atoms with Crippen LogP contribution in [0.15, 0.2) is 59.0 Å². The van der Waals surface area contributed by atoms with E-state index < -0.39 is 20.7 Å². The largest absolute Gasteiger partial charge is 0.320 e. The lowest BCUT2D eigenvalue weighted by atomic mass is 10.2. The van der Waals surface area contributed by atoms with Gasteiger partial charge in [0.2, 0.25) is 0 Å². The summed E-state index contributed by atoms with van der Waals surface area (Å²) in [6, 6.07) is 9.29. The van der Waals surface area contributed by atoms with Crippen molar-refractivity contribution in [1.29, 1.82) is 0 Å². The molecule has 0 aliphatic heterocycles. The molecule has 2 N–H and O–H groups in total. The van der Waals surface area contributed by atoms with Gasteiger partial charge < -0.3 is 5.32 Å². The third-order valence-electron chi connectivity index (χ3n) is 3.47. The molecule has 0 spiro atoms. The molecule has 0 radical (unpaired) electrons. The molecule has 0 unspecified atom stereocenters. The Balaban J connectivity index is 2.37. The van der Waals surface area contributed by atoms with Crippen LogP contribution in [0.1, 0.15) is 20.3 Å². The fraction of sp³-hybridized carbons (Fsp3) is 0.167. The highest BCUT2D eigenvalue weighted by atomic mass is 35.5. The summed E-state index contributed by atoms with van der Waals surface area (Å²) in [6.07, 6.45) is 2.42. The first kappa shape index (κ1) is 19.9. The first-order chi connectivity index (χ1) is 12.2. The van der Waals surface area contributed by atoms with E-state index in [-0.39, 0.29) is 17.3 Å². The van der Waals surface area contributed by atoms with Crippen LogP contribution in [0.3, 0.4) is 0 Å². The molecule has 0 fully saturated rings. The maximum absolute atomic E-state index is 13.8. The van der Waals surface area contributed by atoms with Gasteiger partial charge in [-0.3, -0.25) is 9.52 Å². The van der Waals surface area contributed by atoms with Crippen LogP contribution in [0.2, 0.25) is 5.02 Å². The molecule has 0 saturated heterocycles. The molecular formula is C18H18ClFN2O3S. The van der Waals surface area contributed by atoms with Crippen molar-refractivity contribution in [3.05, 3.63) is 65.0 Å². The molecule has 1 amide bonds. The Labute approximate surface area is 156 Å². The quantitative estimate of drug-likeness (QED) is 0.702. The number of nitrogens with one attached hydrogen (secondary N) is 2. The first-order valence-electron chi connectivity index (χ1n) is 7.79. The standard InChI is InChI=1S/C18H18ClFN2O3S/c1-3-6-12(2)18(23)21-16-11-13(19)9-10-15(16)22-26(24,25)17-8-5-4-7-14(17)20/h4-11,22H,3H2,1-2H3,(H,21,23)/b12-6-. The minimum Gasteiger partial charge on any atom is -0.320 e. The zero-order valence-electron chi connectivity index (χ0n) is 14.2. The van der Waals surface area contributed by atoms with Crippen molar-refractivity contribution in [2.24, 2.45) is 0 Å². The van der Waals surface area contributed by atoms with Crippen LogP contribution in [0.4, 0.5) is 15.8 Å². The van der Waals surface area contributed by atoms with Gasteiger partial charge in [-0.15, -0.1) is 0 Å². The molecule has 0 bridgehead atoms. The molecule has 2 aromatic rings. The Morgan fingerprint density at radius 2 is 1.88 bits per heavy atom. The zero-order chi connectivity index (χ0) is 19.3. The maximum Gasteiger partial charge on any atom is 0.264 e. The average molecular weight is 397 g/mol. The van der Waals surface area contributed by atoms with Crippen LogP contribution < -0.4 is 10.0 Å².